The lowest BCUT2D eigenvalue weighted by Crippen LogP contribution is -2.61. The lowest BCUT2D eigenvalue weighted by atomic mass is 9.82. The van der Waals surface area contributed by atoms with Crippen molar-refractivity contribution in [1.82, 2.24) is 5.32 Å². The third kappa shape index (κ3) is 4.40. The molecule has 0 radical (unpaired) electrons. The van der Waals surface area contributed by atoms with Crippen LogP contribution < -0.4 is 5.32 Å². The normalized spacial score (nSPS) is 28.7. The second-order valence-electron chi connectivity index (χ2n) is 7.62. The summed E-state index contributed by atoms with van der Waals surface area (Å²) in [5.74, 6) is -0.139. The Bertz CT molecular complexity index is 600. The molecule has 3 rings (SSSR count). The molecule has 25 heavy (non-hydrogen) atoms. The maximum Gasteiger partial charge on any atom is 0.325 e. The number of fused-ring (bicyclic) bond motifs is 1. The van der Waals surface area contributed by atoms with E-state index in [0.717, 1.165) is 10.9 Å². The number of hydrogen-bond donors (Lipinski definition) is 1. The first-order valence-corrected chi connectivity index (χ1v) is 9.41. The first-order valence-electron chi connectivity index (χ1n) is 9.41. The number of benzene rings is 1. The first kappa shape index (κ1) is 17.9. The van der Waals surface area contributed by atoms with E-state index >= 15 is 0 Å². The summed E-state index contributed by atoms with van der Waals surface area (Å²) in [6, 6.07) is 9.53. The highest BCUT2D eigenvalue weighted by Gasteiger charge is 2.43. The van der Waals surface area contributed by atoms with E-state index in [-0.39, 0.29) is 18.4 Å². The summed E-state index contributed by atoms with van der Waals surface area (Å²) in [6.45, 7) is 2.92. The molecular weight excluding hydrogens is 316 g/mol. The summed E-state index contributed by atoms with van der Waals surface area (Å²) in [6.07, 6.45) is 6.19. The molecule has 5 nitrogen and oxygen atoms in total. The van der Waals surface area contributed by atoms with Crippen LogP contribution in [0, 0.1) is 5.92 Å². The van der Waals surface area contributed by atoms with Crippen molar-refractivity contribution in [1.29, 1.82) is 0 Å². The second-order valence-corrected chi connectivity index (χ2v) is 7.62. The molecular formula is C20H29N2O3+. The monoisotopic (exact) mass is 345 g/mol. The molecule has 2 fully saturated rings. The number of nitrogens with zero attached hydrogens (tertiary/aromatic N) is 1. The van der Waals surface area contributed by atoms with Gasteiger partial charge in [-0.05, 0) is 37.8 Å². The van der Waals surface area contributed by atoms with Crippen molar-refractivity contribution in [2.45, 2.75) is 38.1 Å². The highest BCUT2D eigenvalue weighted by atomic mass is 16.5. The van der Waals surface area contributed by atoms with Gasteiger partial charge in [0.1, 0.15) is 6.54 Å². The number of rotatable bonds is 5. The van der Waals surface area contributed by atoms with Crippen molar-refractivity contribution in [3.05, 3.63) is 35.9 Å². The molecule has 0 aliphatic carbocycles. The van der Waals surface area contributed by atoms with E-state index in [1.807, 2.05) is 6.07 Å². The standard InChI is InChI=1S/C20H28N2O3/c1-22-12-6-5-11-18(22)17(10-7-13-22)15-25-19(23)14-21-20(24)16-8-3-2-4-9-16/h2-4,8-9,17-18H,5-7,10-15H2,1H3/p+1/t17-,18-,22-/m1/s1. The van der Waals surface area contributed by atoms with Gasteiger partial charge in [-0.1, -0.05) is 18.2 Å². The van der Waals surface area contributed by atoms with Crippen LogP contribution in [0.1, 0.15) is 42.5 Å². The molecule has 5 heteroatoms. The molecule has 0 spiro atoms. The number of quaternary nitrogens is 1. The van der Waals surface area contributed by atoms with Crippen molar-refractivity contribution in [3.8, 4) is 0 Å². The zero-order valence-corrected chi connectivity index (χ0v) is 15.1. The summed E-state index contributed by atoms with van der Waals surface area (Å²) in [5.41, 5.74) is 0.554. The molecule has 136 valence electrons. The maximum absolute atomic E-state index is 12.0. The molecule has 0 unspecified atom stereocenters. The van der Waals surface area contributed by atoms with E-state index in [4.69, 9.17) is 4.74 Å². The minimum Gasteiger partial charge on any atom is -0.464 e. The Balaban J connectivity index is 1.45. The molecule has 0 bridgehead atoms. The molecule has 0 aromatic heterocycles. The summed E-state index contributed by atoms with van der Waals surface area (Å²) >= 11 is 0. The van der Waals surface area contributed by atoms with E-state index in [2.05, 4.69) is 12.4 Å². The van der Waals surface area contributed by atoms with Gasteiger partial charge in [0.15, 0.2) is 0 Å². The molecule has 1 amide bonds. The number of ether oxygens (including phenoxy) is 1. The molecule has 3 atom stereocenters. The van der Waals surface area contributed by atoms with Crippen molar-refractivity contribution >= 4 is 11.9 Å². The molecule has 1 aromatic rings. The van der Waals surface area contributed by atoms with Crippen molar-refractivity contribution in [2.24, 2.45) is 5.92 Å². The van der Waals surface area contributed by atoms with Crippen molar-refractivity contribution < 1.29 is 18.8 Å². The number of hydrogen-bond acceptors (Lipinski definition) is 3. The number of piperidine rings is 2. The van der Waals surface area contributed by atoms with Crippen LogP contribution in [0.25, 0.3) is 0 Å². The topological polar surface area (TPSA) is 55.4 Å². The van der Waals surface area contributed by atoms with Crippen molar-refractivity contribution in [2.75, 3.05) is 33.3 Å². The average molecular weight is 345 g/mol. The molecule has 2 aliphatic heterocycles. The van der Waals surface area contributed by atoms with Crippen LogP contribution >= 0.6 is 0 Å². The van der Waals surface area contributed by atoms with E-state index in [9.17, 15) is 9.59 Å². The molecule has 0 saturated carbocycles. The van der Waals surface area contributed by atoms with Crippen LogP contribution in [0.2, 0.25) is 0 Å². The lowest BCUT2D eigenvalue weighted by Gasteiger charge is -2.51. The van der Waals surface area contributed by atoms with Crippen LogP contribution in [0.4, 0.5) is 0 Å². The summed E-state index contributed by atoms with van der Waals surface area (Å²) in [4.78, 5) is 24.0. The third-order valence-corrected chi connectivity index (χ3v) is 5.90. The van der Waals surface area contributed by atoms with E-state index in [0.29, 0.717) is 24.1 Å². The fourth-order valence-corrected chi connectivity index (χ4v) is 4.52. The molecule has 1 N–H and O–H groups in total. The Hall–Kier alpha value is -1.88. The highest BCUT2D eigenvalue weighted by molar-refractivity contribution is 5.95. The zero-order valence-electron chi connectivity index (χ0n) is 15.1. The Morgan fingerprint density at radius 3 is 2.68 bits per heavy atom. The van der Waals surface area contributed by atoms with Crippen LogP contribution in [-0.2, 0) is 9.53 Å². The van der Waals surface area contributed by atoms with Gasteiger partial charge < -0.3 is 14.5 Å². The Kier molecular flexibility index (Phi) is 5.74. The molecule has 2 heterocycles. The van der Waals surface area contributed by atoms with Gasteiger partial charge in [-0.3, -0.25) is 9.59 Å². The predicted molar refractivity (Wildman–Crippen MR) is 96.0 cm³/mol. The minimum absolute atomic E-state index is 0.0722. The van der Waals surface area contributed by atoms with Crippen molar-refractivity contribution in [3.63, 3.8) is 0 Å². The predicted octanol–water partition coefficient (Wildman–Crippen LogP) is 2.37. The average Bonchev–Trinajstić information content (AvgIpc) is 2.64. The Labute approximate surface area is 149 Å². The minimum atomic E-state index is -0.347. The van der Waals surface area contributed by atoms with Crippen LogP contribution in [0.3, 0.4) is 0 Å². The van der Waals surface area contributed by atoms with E-state index < -0.39 is 0 Å². The molecule has 2 saturated heterocycles. The van der Waals surface area contributed by atoms with Crippen LogP contribution in [0.5, 0.6) is 0 Å². The zero-order chi connectivity index (χ0) is 17.7. The second kappa shape index (κ2) is 8.00. The fourth-order valence-electron chi connectivity index (χ4n) is 4.52. The summed E-state index contributed by atoms with van der Waals surface area (Å²) in [7, 11) is 2.36. The maximum atomic E-state index is 12.0. The van der Waals surface area contributed by atoms with Gasteiger partial charge in [0, 0.05) is 17.9 Å². The lowest BCUT2D eigenvalue weighted by molar-refractivity contribution is -0.947. The van der Waals surface area contributed by atoms with E-state index in [1.54, 1.807) is 24.3 Å². The third-order valence-electron chi connectivity index (χ3n) is 5.90. The Morgan fingerprint density at radius 2 is 1.88 bits per heavy atom. The quantitative estimate of drug-likeness (QED) is 0.658. The summed E-state index contributed by atoms with van der Waals surface area (Å²) < 4.78 is 6.64. The number of amides is 1. The van der Waals surface area contributed by atoms with Gasteiger partial charge in [0.2, 0.25) is 0 Å². The number of esters is 1. The highest BCUT2D eigenvalue weighted by Crippen LogP contribution is 2.36. The number of carbonyl (C=O) groups is 2. The van der Waals surface area contributed by atoms with Gasteiger partial charge >= 0.3 is 5.97 Å². The SMILES string of the molecule is C[N@+]12CCCC[C@@H]1[C@@H](COC(=O)CNC(=O)c1ccccc1)CCC2. The number of carbonyl (C=O) groups excluding carboxylic acids is 2. The largest absolute Gasteiger partial charge is 0.464 e. The van der Waals surface area contributed by atoms with Crippen LogP contribution in [-0.4, -0.2) is 55.7 Å². The van der Waals surface area contributed by atoms with Gasteiger partial charge in [-0.25, -0.2) is 0 Å². The van der Waals surface area contributed by atoms with E-state index in [1.165, 1.54) is 38.8 Å². The molecule has 2 aliphatic rings. The first-order chi connectivity index (χ1) is 12.1. The van der Waals surface area contributed by atoms with Gasteiger partial charge in [0.05, 0.1) is 32.8 Å². The van der Waals surface area contributed by atoms with Gasteiger partial charge in [-0.15, -0.1) is 0 Å². The fraction of sp³-hybridized carbons (Fsp3) is 0.600. The van der Waals surface area contributed by atoms with Crippen LogP contribution in [0.15, 0.2) is 30.3 Å². The van der Waals surface area contributed by atoms with Gasteiger partial charge in [0.25, 0.3) is 5.91 Å². The smallest absolute Gasteiger partial charge is 0.325 e. The molecule has 1 aromatic carbocycles. The van der Waals surface area contributed by atoms with Gasteiger partial charge in [-0.2, -0.15) is 0 Å². The Morgan fingerprint density at radius 1 is 1.12 bits per heavy atom. The summed E-state index contributed by atoms with van der Waals surface area (Å²) in [5, 5.41) is 2.63. The number of nitrogens with one attached hydrogen (secondary N) is 1.